The van der Waals surface area contributed by atoms with Gasteiger partial charge in [0.25, 0.3) is 0 Å². The number of aliphatic carboxylic acids is 1. The molecule has 0 aromatic heterocycles. The summed E-state index contributed by atoms with van der Waals surface area (Å²) in [4.78, 5) is 10.2. The molecule has 0 unspecified atom stereocenters. The van der Waals surface area contributed by atoms with Crippen molar-refractivity contribution in [3.8, 4) is 0 Å². The van der Waals surface area contributed by atoms with Crippen LogP contribution in [0.25, 0.3) is 0 Å². The summed E-state index contributed by atoms with van der Waals surface area (Å²) in [7, 11) is 0. The molecule has 0 spiro atoms. The summed E-state index contributed by atoms with van der Waals surface area (Å²) in [6, 6.07) is 4.59. The van der Waals surface area contributed by atoms with Crippen LogP contribution in [0.5, 0.6) is 0 Å². The molecule has 16 heavy (non-hydrogen) atoms. The molecule has 0 radical (unpaired) electrons. The first kappa shape index (κ1) is 16.2. The molecule has 7 heteroatoms. The number of carbonyl (C=O) groups is 1. The van der Waals surface area contributed by atoms with E-state index in [1.54, 1.807) is 0 Å². The summed E-state index contributed by atoms with van der Waals surface area (Å²) in [5.41, 5.74) is -0.0599. The van der Waals surface area contributed by atoms with Gasteiger partial charge in [0.1, 0.15) is 0 Å². The molecule has 0 saturated heterocycles. The number of benzene rings is 1. The van der Waals surface area contributed by atoms with Crippen molar-refractivity contribution in [1.29, 1.82) is 0 Å². The summed E-state index contributed by atoms with van der Waals surface area (Å²) in [5, 5.41) is 8.38. The van der Waals surface area contributed by atoms with Gasteiger partial charge in [0, 0.05) is 6.42 Å². The van der Waals surface area contributed by atoms with Gasteiger partial charge in [0.15, 0.2) is 0 Å². The third kappa shape index (κ3) is 5.49. The van der Waals surface area contributed by atoms with Gasteiger partial charge in [-0.25, -0.2) is 0 Å². The molecule has 0 bridgehead atoms. The number of carboxylic acids is 1. The predicted octanol–water partition coefficient (Wildman–Crippen LogP) is -1.24. The Balaban J connectivity index is 0.00000225. The van der Waals surface area contributed by atoms with Crippen molar-refractivity contribution in [2.45, 2.75) is 12.8 Å². The van der Waals surface area contributed by atoms with Crippen LogP contribution >= 0.6 is 0 Å². The van der Waals surface area contributed by atoms with Gasteiger partial charge < -0.3 is 18.1 Å². The average molecular weight is 256 g/mol. The fourth-order valence-corrected chi connectivity index (χ4v) is 1.15. The fraction of sp³-hybridized carbons (Fsp3) is 0.222. The molecule has 1 N–H and O–H groups in total. The van der Waals surface area contributed by atoms with Crippen LogP contribution in [0.15, 0.2) is 24.3 Å². The van der Waals surface area contributed by atoms with E-state index in [0.717, 1.165) is 12.1 Å². The van der Waals surface area contributed by atoms with Crippen molar-refractivity contribution < 1.29 is 74.2 Å². The molecule has 0 aliphatic heterocycles. The van der Waals surface area contributed by atoms with Crippen LogP contribution in [0.3, 0.4) is 0 Å². The van der Waals surface area contributed by atoms with Gasteiger partial charge in [-0.05, 0) is 12.0 Å². The van der Waals surface area contributed by atoms with E-state index in [4.69, 9.17) is 5.11 Å². The Hall–Kier alpha value is 0.181. The second-order valence-electron chi connectivity index (χ2n) is 3.21. The summed E-state index contributed by atoms with van der Waals surface area (Å²) < 4.78 is 36.6. The van der Waals surface area contributed by atoms with Crippen LogP contribution in [-0.2, 0) is 11.2 Å². The van der Waals surface area contributed by atoms with Crippen molar-refractivity contribution >= 4 is 18.4 Å². The van der Waals surface area contributed by atoms with Crippen LogP contribution in [0.1, 0.15) is 12.0 Å². The van der Waals surface area contributed by atoms with Gasteiger partial charge in [0.2, 0.25) is 0 Å². The summed E-state index contributed by atoms with van der Waals surface area (Å²) >= 11 is 0. The van der Waals surface area contributed by atoms with Gasteiger partial charge in [-0.15, -0.1) is 5.46 Å². The third-order valence-electron chi connectivity index (χ3n) is 1.99. The van der Waals surface area contributed by atoms with Crippen molar-refractivity contribution in [1.82, 2.24) is 0 Å². The molecular formula is C9H9BF3KO2. The minimum Gasteiger partial charge on any atom is -0.481 e. The molecule has 0 saturated carbocycles. The first-order valence-corrected chi connectivity index (χ1v) is 4.40. The van der Waals surface area contributed by atoms with Crippen molar-refractivity contribution in [3.05, 3.63) is 29.8 Å². The number of carboxylic acid groups (broad SMARTS) is 1. The molecule has 1 rings (SSSR count). The van der Waals surface area contributed by atoms with Crippen molar-refractivity contribution in [2.75, 3.05) is 0 Å². The van der Waals surface area contributed by atoms with E-state index in [2.05, 4.69) is 0 Å². The van der Waals surface area contributed by atoms with E-state index >= 15 is 0 Å². The van der Waals surface area contributed by atoms with E-state index in [-0.39, 0.29) is 64.2 Å². The van der Waals surface area contributed by atoms with Gasteiger partial charge in [-0.1, -0.05) is 24.3 Å². The van der Waals surface area contributed by atoms with Gasteiger partial charge in [0.05, 0.1) is 0 Å². The Morgan fingerprint density at radius 2 is 1.69 bits per heavy atom. The second-order valence-corrected chi connectivity index (χ2v) is 3.21. The molecular weight excluding hydrogens is 247 g/mol. The molecule has 0 aliphatic carbocycles. The monoisotopic (exact) mass is 256 g/mol. The first-order valence-electron chi connectivity index (χ1n) is 4.40. The normalized spacial score (nSPS) is 10.7. The summed E-state index contributed by atoms with van der Waals surface area (Å²) in [5.74, 6) is -0.959. The number of halogens is 3. The molecule has 1 aromatic rings. The molecule has 82 valence electrons. The van der Waals surface area contributed by atoms with Crippen LogP contribution < -0.4 is 56.8 Å². The Morgan fingerprint density at radius 1 is 1.19 bits per heavy atom. The number of rotatable bonds is 4. The summed E-state index contributed by atoms with van der Waals surface area (Å²) in [6.45, 7) is -4.96. The Labute approximate surface area is 134 Å². The van der Waals surface area contributed by atoms with E-state index in [1.807, 2.05) is 0 Å². The quantitative estimate of drug-likeness (QED) is 0.684. The van der Waals surface area contributed by atoms with Gasteiger partial charge in [-0.3, -0.25) is 4.79 Å². The van der Waals surface area contributed by atoms with E-state index < -0.39 is 18.4 Å². The topological polar surface area (TPSA) is 37.3 Å². The van der Waals surface area contributed by atoms with Gasteiger partial charge in [-0.2, -0.15) is 0 Å². The van der Waals surface area contributed by atoms with Gasteiger partial charge >= 0.3 is 64.3 Å². The van der Waals surface area contributed by atoms with E-state index in [1.165, 1.54) is 12.1 Å². The van der Waals surface area contributed by atoms with Crippen LogP contribution in [0, 0.1) is 0 Å². The third-order valence-corrected chi connectivity index (χ3v) is 1.99. The average Bonchev–Trinajstić information content (AvgIpc) is 2.14. The molecule has 0 heterocycles. The zero-order valence-electron chi connectivity index (χ0n) is 8.79. The maximum atomic E-state index is 12.2. The molecule has 0 amide bonds. The number of hydrogen-bond acceptors (Lipinski definition) is 1. The molecule has 0 aliphatic rings. The molecule has 0 atom stereocenters. The maximum absolute atomic E-state index is 12.2. The molecule has 2 nitrogen and oxygen atoms in total. The number of hydrogen-bond donors (Lipinski definition) is 1. The minimum absolute atomic E-state index is 0. The smallest absolute Gasteiger partial charge is 0.481 e. The first-order chi connectivity index (χ1) is 6.89. The number of aryl methyl sites for hydroxylation is 1. The van der Waals surface area contributed by atoms with Crippen molar-refractivity contribution in [3.63, 3.8) is 0 Å². The Morgan fingerprint density at radius 3 is 2.06 bits per heavy atom. The minimum atomic E-state index is -4.96. The Kier molecular flexibility index (Phi) is 6.88. The molecule has 0 fully saturated rings. The fourth-order valence-electron chi connectivity index (χ4n) is 1.15. The predicted molar refractivity (Wildman–Crippen MR) is 51.1 cm³/mol. The van der Waals surface area contributed by atoms with Crippen LogP contribution in [0.4, 0.5) is 12.9 Å². The summed E-state index contributed by atoms with van der Waals surface area (Å²) in [6.07, 6.45) is 0.178. The van der Waals surface area contributed by atoms with Crippen LogP contribution in [0.2, 0.25) is 0 Å². The zero-order valence-corrected chi connectivity index (χ0v) is 11.9. The maximum Gasteiger partial charge on any atom is 1.00 e. The molecule has 1 aromatic carbocycles. The van der Waals surface area contributed by atoms with Crippen LogP contribution in [-0.4, -0.2) is 18.1 Å². The standard InChI is InChI=1S/C9H9BF3O2.K/c11-10(12,13)8-4-1-7(2-5-8)3-6-9(14)15;/h1-2,4-5H,3,6H2,(H,14,15);/q-1;+1. The van der Waals surface area contributed by atoms with E-state index in [0.29, 0.717) is 5.56 Å². The largest absolute Gasteiger partial charge is 1.00 e. The SMILES string of the molecule is O=C(O)CCc1ccc([B-](F)(F)F)cc1.[K+]. The van der Waals surface area contributed by atoms with Crippen molar-refractivity contribution in [2.24, 2.45) is 0 Å². The Bertz CT molecular complexity index is 351. The zero-order chi connectivity index (χ0) is 11.5. The van der Waals surface area contributed by atoms with E-state index in [9.17, 15) is 17.7 Å². The second kappa shape index (κ2) is 6.81.